The van der Waals surface area contributed by atoms with E-state index in [-0.39, 0.29) is 22.3 Å². The molecule has 0 bridgehead atoms. The molecule has 0 radical (unpaired) electrons. The van der Waals surface area contributed by atoms with Gasteiger partial charge in [-0.25, -0.2) is 13.2 Å². The monoisotopic (exact) mass is 722 g/mol. The highest BCUT2D eigenvalue weighted by atomic mass is 32.2. The Kier molecular flexibility index (Phi) is 9.33. The van der Waals surface area contributed by atoms with Crippen LogP contribution in [0.3, 0.4) is 0 Å². The Labute approximate surface area is 309 Å². The molecule has 7 nitrogen and oxygen atoms in total. The molecule has 1 saturated heterocycles. The summed E-state index contributed by atoms with van der Waals surface area (Å²) in [6, 6.07) is 8.72. The van der Waals surface area contributed by atoms with Gasteiger partial charge in [0.2, 0.25) is 0 Å². The minimum atomic E-state index is -2.87. The van der Waals surface area contributed by atoms with Crippen molar-refractivity contribution in [2.45, 2.75) is 104 Å². The van der Waals surface area contributed by atoms with Crippen LogP contribution in [0, 0.1) is 45.3 Å². The number of likely N-dealkylation sites (N-methyl/N-ethyl adjacent to an activating group) is 1. The van der Waals surface area contributed by atoms with Gasteiger partial charge in [-0.1, -0.05) is 52.8 Å². The first kappa shape index (κ1) is 37.6. The quantitative estimate of drug-likeness (QED) is 0.240. The molecule has 4 saturated carbocycles. The predicted molar refractivity (Wildman–Crippen MR) is 207 cm³/mol. The molecule has 1 N–H and O–H groups in total. The predicted octanol–water partition coefficient (Wildman–Crippen LogP) is 7.08. The van der Waals surface area contributed by atoms with E-state index in [1.807, 2.05) is 12.1 Å². The Morgan fingerprint density at radius 2 is 1.59 bits per heavy atom. The zero-order valence-corrected chi connectivity index (χ0v) is 34.1. The summed E-state index contributed by atoms with van der Waals surface area (Å²) in [5.41, 5.74) is 4.38. The van der Waals surface area contributed by atoms with Crippen molar-refractivity contribution in [3.05, 3.63) is 41.5 Å². The highest BCUT2D eigenvalue weighted by Gasteiger charge is 2.70. The van der Waals surface area contributed by atoms with Crippen molar-refractivity contribution in [1.29, 1.82) is 0 Å². The lowest BCUT2D eigenvalue weighted by atomic mass is 9.33. The van der Waals surface area contributed by atoms with E-state index in [2.05, 4.69) is 84.2 Å². The Bertz CT molecular complexity index is 1640. The van der Waals surface area contributed by atoms with Crippen LogP contribution in [0.1, 0.15) is 108 Å². The molecular weight excluding hydrogens is 655 g/mol. The normalized spacial score (nSPS) is 42.2. The first-order chi connectivity index (χ1) is 23.8. The lowest BCUT2D eigenvalue weighted by Crippen LogP contribution is -2.69. The fourth-order valence-electron chi connectivity index (χ4n) is 14.2. The Morgan fingerprint density at radius 3 is 2.24 bits per heavy atom. The van der Waals surface area contributed by atoms with Gasteiger partial charge in [-0.15, -0.1) is 0 Å². The van der Waals surface area contributed by atoms with Gasteiger partial charge < -0.3 is 19.4 Å². The number of nitrogens with one attached hydrogen (secondary N) is 1. The third-order valence-electron chi connectivity index (χ3n) is 17.3. The number of rotatable bonds is 7. The molecule has 0 amide bonds. The molecule has 5 fully saturated rings. The van der Waals surface area contributed by atoms with Crippen molar-refractivity contribution in [3.8, 4) is 0 Å². The van der Waals surface area contributed by atoms with Gasteiger partial charge in [0.05, 0.1) is 50.9 Å². The first-order valence-electron chi connectivity index (χ1n) is 20.2. The highest BCUT2D eigenvalue weighted by molar-refractivity contribution is 7.91. The summed E-state index contributed by atoms with van der Waals surface area (Å²) in [6.45, 7) is 16.6. The zero-order chi connectivity index (χ0) is 36.8. The van der Waals surface area contributed by atoms with Crippen LogP contribution in [0.5, 0.6) is 0 Å². The van der Waals surface area contributed by atoms with Crippen LogP contribution in [0.4, 0.5) is 0 Å². The lowest BCUT2D eigenvalue weighted by molar-refractivity contribution is -0.905. The molecule has 9 unspecified atom stereocenters. The van der Waals surface area contributed by atoms with Gasteiger partial charge >= 0.3 is 5.97 Å². The first-order valence-corrected chi connectivity index (χ1v) is 22.0. The minimum absolute atomic E-state index is 0.0453. The standard InChI is InChI=1S/C43H68N3O4S/c1-39(2)32(30-10-12-31(13-11-30)38(47)50-9)16-19-40(3)35(39)18-20-42(5)36(40)15-14-33-37-34(45(6)7)17-21-43(37,23-22-41(33,42)4)44-24-25-46(8)26-28-51(48,49)29-27-46/h10-13,16,33-37,44H,14-15,17-29H2,1-9H3/q+1. The second-order valence-corrected chi connectivity index (χ2v) is 22.2. The molecule has 0 aromatic heterocycles. The van der Waals surface area contributed by atoms with Crippen molar-refractivity contribution in [3.63, 3.8) is 0 Å². The number of methoxy groups -OCH3 is 1. The molecule has 1 aromatic rings. The minimum Gasteiger partial charge on any atom is -0.465 e. The second-order valence-electron chi connectivity index (χ2n) is 19.9. The van der Waals surface area contributed by atoms with Crippen molar-refractivity contribution < 1.29 is 22.4 Å². The summed E-state index contributed by atoms with van der Waals surface area (Å²) >= 11 is 0. The van der Waals surface area contributed by atoms with E-state index in [9.17, 15) is 13.2 Å². The topological polar surface area (TPSA) is 75.7 Å². The van der Waals surface area contributed by atoms with Crippen LogP contribution < -0.4 is 5.32 Å². The summed E-state index contributed by atoms with van der Waals surface area (Å²) in [5.74, 6) is 3.04. The Hall–Kier alpha value is -1.74. The van der Waals surface area contributed by atoms with Crippen LogP contribution in [-0.2, 0) is 14.6 Å². The van der Waals surface area contributed by atoms with E-state index in [0.29, 0.717) is 57.6 Å². The maximum absolute atomic E-state index is 12.2. The van der Waals surface area contributed by atoms with Crippen LogP contribution in [0.25, 0.3) is 5.57 Å². The van der Waals surface area contributed by atoms with E-state index in [0.717, 1.165) is 37.1 Å². The van der Waals surface area contributed by atoms with Gasteiger partial charge in [0, 0.05) is 18.1 Å². The van der Waals surface area contributed by atoms with Gasteiger partial charge in [0.25, 0.3) is 0 Å². The summed E-state index contributed by atoms with van der Waals surface area (Å²) in [4.78, 5) is 14.7. The molecule has 1 heterocycles. The Balaban J connectivity index is 1.14. The average molecular weight is 723 g/mol. The molecular formula is C43H68N3O4S+. The molecule has 284 valence electrons. The molecule has 5 aliphatic carbocycles. The number of allylic oxidation sites excluding steroid dienone is 2. The molecule has 1 aromatic carbocycles. The Morgan fingerprint density at radius 1 is 0.902 bits per heavy atom. The number of hydrogen-bond donors (Lipinski definition) is 1. The van der Waals surface area contributed by atoms with Crippen molar-refractivity contribution >= 4 is 21.4 Å². The van der Waals surface area contributed by atoms with Crippen LogP contribution in [0.2, 0.25) is 0 Å². The average Bonchev–Trinajstić information content (AvgIpc) is 3.46. The van der Waals surface area contributed by atoms with Gasteiger partial charge in [0.1, 0.15) is 0 Å². The highest BCUT2D eigenvalue weighted by Crippen LogP contribution is 2.76. The van der Waals surface area contributed by atoms with E-state index >= 15 is 0 Å². The van der Waals surface area contributed by atoms with E-state index in [1.165, 1.54) is 69.6 Å². The third kappa shape index (κ3) is 5.82. The molecule has 7 rings (SSSR count). The van der Waals surface area contributed by atoms with Gasteiger partial charge in [-0.05, 0) is 140 Å². The number of ether oxygens (including phenoxy) is 1. The molecule has 6 aliphatic rings. The number of fused-ring (bicyclic) bond motifs is 7. The fraction of sp³-hybridized carbons (Fsp3) is 0.791. The molecule has 51 heavy (non-hydrogen) atoms. The summed E-state index contributed by atoms with van der Waals surface area (Å²) in [5, 5.41) is 4.28. The number of carbonyl (C=O) groups is 1. The molecule has 8 heteroatoms. The third-order valence-corrected chi connectivity index (χ3v) is 18.9. The second kappa shape index (κ2) is 12.7. The largest absolute Gasteiger partial charge is 0.465 e. The maximum Gasteiger partial charge on any atom is 0.337 e. The van der Waals surface area contributed by atoms with Gasteiger partial charge in [0.15, 0.2) is 9.84 Å². The van der Waals surface area contributed by atoms with Crippen molar-refractivity contribution in [2.75, 3.05) is 65.9 Å². The number of hydrogen-bond acceptors (Lipinski definition) is 6. The number of quaternary nitrogens is 1. The SMILES string of the molecule is COC(=O)c1ccc(C2=CCC3(C)C(CCC4(C)C3CCC3C5C(N(C)C)CCC5(NCC[N+]5(C)CCS(=O)(=O)CC5)CCC34C)C2(C)C)cc1. The van der Waals surface area contributed by atoms with E-state index < -0.39 is 9.84 Å². The van der Waals surface area contributed by atoms with Crippen LogP contribution in [-0.4, -0.2) is 101 Å². The van der Waals surface area contributed by atoms with Crippen LogP contribution in [0.15, 0.2) is 30.3 Å². The number of benzene rings is 1. The van der Waals surface area contributed by atoms with Crippen molar-refractivity contribution in [1.82, 2.24) is 10.2 Å². The molecule has 1 aliphatic heterocycles. The summed E-state index contributed by atoms with van der Waals surface area (Å²) in [7, 11) is 5.50. The van der Waals surface area contributed by atoms with E-state index in [1.54, 1.807) is 0 Å². The zero-order valence-electron chi connectivity index (χ0n) is 33.3. The number of esters is 1. The molecule has 0 spiro atoms. The summed E-state index contributed by atoms with van der Waals surface area (Å²) < 4.78 is 30.2. The number of carbonyl (C=O) groups excluding carboxylic acids is 1. The smallest absolute Gasteiger partial charge is 0.337 e. The fourth-order valence-corrected chi connectivity index (χ4v) is 15.8. The van der Waals surface area contributed by atoms with Gasteiger partial charge in [-0.2, -0.15) is 0 Å². The maximum atomic E-state index is 12.2. The van der Waals surface area contributed by atoms with E-state index in [4.69, 9.17) is 4.74 Å². The molecule has 9 atom stereocenters. The van der Waals surface area contributed by atoms with Crippen molar-refractivity contribution in [2.24, 2.45) is 45.3 Å². The summed E-state index contributed by atoms with van der Waals surface area (Å²) in [6.07, 6.45) is 14.0. The van der Waals surface area contributed by atoms with Gasteiger partial charge in [-0.3, -0.25) is 0 Å². The van der Waals surface area contributed by atoms with Crippen LogP contribution >= 0.6 is 0 Å². The number of sulfone groups is 1. The lowest BCUT2D eigenvalue weighted by Gasteiger charge is -2.72. The number of nitrogens with zero attached hydrogens (tertiary/aromatic N) is 2.